The monoisotopic (exact) mass is 382 g/mol. The molecule has 7 heteroatoms. The number of carbonyl (C=O) groups excluding carboxylic acids is 2. The van der Waals surface area contributed by atoms with Gasteiger partial charge in [0.2, 0.25) is 5.75 Å². The first kappa shape index (κ1) is 18.3. The summed E-state index contributed by atoms with van der Waals surface area (Å²) in [6, 6.07) is 3.42. The van der Waals surface area contributed by atoms with Crippen LogP contribution in [0, 0.1) is 23.7 Å². The molecule has 4 rings (SSSR count). The number of ether oxygens (including phenoxy) is 3. The summed E-state index contributed by atoms with van der Waals surface area (Å²) in [7, 11) is 3.04. The molecule has 1 saturated heterocycles. The summed E-state index contributed by atoms with van der Waals surface area (Å²) in [5.74, 6) is 0.730. The second-order valence-electron chi connectivity index (χ2n) is 7.09. The number of fused-ring (bicyclic) bond motifs is 5. The summed E-state index contributed by atoms with van der Waals surface area (Å²) >= 11 is 0. The molecular formula is C21H22N2O5. The molecule has 2 fully saturated rings. The van der Waals surface area contributed by atoms with E-state index in [4.69, 9.17) is 14.2 Å². The van der Waals surface area contributed by atoms with E-state index >= 15 is 0 Å². The first-order valence-electron chi connectivity index (χ1n) is 9.18. The van der Waals surface area contributed by atoms with Crippen molar-refractivity contribution in [3.63, 3.8) is 0 Å². The van der Waals surface area contributed by atoms with Crippen LogP contribution in [-0.4, -0.2) is 43.9 Å². The van der Waals surface area contributed by atoms with Crippen LogP contribution in [0.15, 0.2) is 42.0 Å². The van der Waals surface area contributed by atoms with Crippen molar-refractivity contribution in [2.45, 2.75) is 6.42 Å². The zero-order valence-electron chi connectivity index (χ0n) is 15.8. The van der Waals surface area contributed by atoms with Crippen LogP contribution in [0.1, 0.15) is 12.0 Å². The van der Waals surface area contributed by atoms with E-state index in [1.807, 2.05) is 0 Å². The summed E-state index contributed by atoms with van der Waals surface area (Å²) in [5.41, 5.74) is 0.624. The molecule has 1 heterocycles. The molecule has 0 radical (unpaired) electrons. The minimum Gasteiger partial charge on any atom is -0.493 e. The third kappa shape index (κ3) is 2.78. The van der Waals surface area contributed by atoms with Gasteiger partial charge in [-0.2, -0.15) is 10.1 Å². The normalized spacial score (nSPS) is 27.6. The number of carbonyl (C=O) groups is 2. The Kier molecular flexibility index (Phi) is 4.66. The molecule has 0 N–H and O–H groups in total. The highest BCUT2D eigenvalue weighted by Gasteiger charge is 2.59. The summed E-state index contributed by atoms with van der Waals surface area (Å²) in [6.45, 7) is 3.93. The van der Waals surface area contributed by atoms with Gasteiger partial charge in [-0.25, -0.2) is 0 Å². The van der Waals surface area contributed by atoms with E-state index < -0.39 is 0 Å². The summed E-state index contributed by atoms with van der Waals surface area (Å²) in [5, 5.41) is 5.21. The largest absolute Gasteiger partial charge is 0.493 e. The minimum absolute atomic E-state index is 0.160. The number of allylic oxidation sites excluding steroid dienone is 2. The van der Waals surface area contributed by atoms with Crippen molar-refractivity contribution in [1.29, 1.82) is 0 Å². The van der Waals surface area contributed by atoms with Crippen molar-refractivity contribution >= 4 is 18.0 Å². The lowest BCUT2D eigenvalue weighted by Gasteiger charge is -2.15. The van der Waals surface area contributed by atoms with E-state index in [1.165, 1.54) is 20.4 Å². The number of rotatable bonds is 7. The van der Waals surface area contributed by atoms with Gasteiger partial charge in [0, 0.05) is 5.56 Å². The van der Waals surface area contributed by atoms with Crippen LogP contribution >= 0.6 is 0 Å². The molecule has 28 heavy (non-hydrogen) atoms. The van der Waals surface area contributed by atoms with E-state index in [9.17, 15) is 9.59 Å². The Labute approximate surface area is 163 Å². The van der Waals surface area contributed by atoms with Crippen molar-refractivity contribution in [3.8, 4) is 17.2 Å². The van der Waals surface area contributed by atoms with Gasteiger partial charge < -0.3 is 14.2 Å². The summed E-state index contributed by atoms with van der Waals surface area (Å²) < 4.78 is 16.4. The Hall–Kier alpha value is -3.09. The fraction of sp³-hybridized carbons (Fsp3) is 0.381. The Morgan fingerprint density at radius 1 is 1.11 bits per heavy atom. The van der Waals surface area contributed by atoms with E-state index in [2.05, 4.69) is 23.8 Å². The molecule has 1 aromatic carbocycles. The van der Waals surface area contributed by atoms with Crippen LogP contribution in [0.25, 0.3) is 0 Å². The van der Waals surface area contributed by atoms with Crippen LogP contribution in [0.4, 0.5) is 0 Å². The molecule has 2 aliphatic carbocycles. The van der Waals surface area contributed by atoms with Gasteiger partial charge in [0.05, 0.1) is 32.3 Å². The van der Waals surface area contributed by atoms with Gasteiger partial charge in [0.1, 0.15) is 6.61 Å². The van der Waals surface area contributed by atoms with Gasteiger partial charge in [0.15, 0.2) is 11.5 Å². The molecule has 2 amide bonds. The molecule has 4 atom stereocenters. The van der Waals surface area contributed by atoms with Crippen LogP contribution in [0.2, 0.25) is 0 Å². The standard InChI is InChI=1S/C21H22N2O5/c1-4-7-28-19-15(26-2)8-12(9-16(19)27-3)11-22-23-20(24)17-13-5-6-14(10-13)18(17)21(23)25/h4-6,8-9,11,13-14,17-18H,1,7,10H2,2-3H3/t13-,14-,17-,18+/m0/s1. The van der Waals surface area contributed by atoms with Crippen molar-refractivity contribution < 1.29 is 23.8 Å². The van der Waals surface area contributed by atoms with Crippen LogP contribution < -0.4 is 14.2 Å². The highest BCUT2D eigenvalue weighted by atomic mass is 16.5. The van der Waals surface area contributed by atoms with Crippen molar-refractivity contribution in [2.24, 2.45) is 28.8 Å². The third-order valence-electron chi connectivity index (χ3n) is 5.60. The second kappa shape index (κ2) is 7.14. The predicted molar refractivity (Wildman–Crippen MR) is 102 cm³/mol. The topological polar surface area (TPSA) is 77.4 Å². The van der Waals surface area contributed by atoms with Gasteiger partial charge in [-0.05, 0) is 30.4 Å². The SMILES string of the molecule is C=CCOc1c(OC)cc(C=NN2C(=O)[C@@H]3[C@H](C2=O)[C@H]2C=C[C@H]3C2)cc1OC. The maximum atomic E-state index is 12.7. The molecule has 146 valence electrons. The molecule has 0 spiro atoms. The summed E-state index contributed by atoms with van der Waals surface area (Å²) in [6.07, 6.45) is 8.10. The van der Waals surface area contributed by atoms with Crippen molar-refractivity contribution in [2.75, 3.05) is 20.8 Å². The lowest BCUT2D eigenvalue weighted by molar-refractivity contribution is -0.140. The lowest BCUT2D eigenvalue weighted by atomic mass is 9.85. The first-order valence-corrected chi connectivity index (χ1v) is 9.18. The van der Waals surface area contributed by atoms with E-state index in [0.717, 1.165) is 11.4 Å². The van der Waals surface area contributed by atoms with Crippen LogP contribution in [0.5, 0.6) is 17.2 Å². The minimum atomic E-state index is -0.265. The highest BCUT2D eigenvalue weighted by Crippen LogP contribution is 2.52. The zero-order valence-corrected chi connectivity index (χ0v) is 15.8. The molecule has 0 aromatic heterocycles. The average molecular weight is 382 g/mol. The summed E-state index contributed by atoms with van der Waals surface area (Å²) in [4.78, 5) is 25.4. The quantitative estimate of drug-likeness (QED) is 0.411. The first-order chi connectivity index (χ1) is 13.6. The molecule has 1 aliphatic heterocycles. The Balaban J connectivity index is 1.59. The van der Waals surface area contributed by atoms with Crippen LogP contribution in [-0.2, 0) is 9.59 Å². The maximum Gasteiger partial charge on any atom is 0.254 e. The van der Waals surface area contributed by atoms with Crippen LogP contribution in [0.3, 0.4) is 0 Å². The number of amides is 2. The molecule has 0 unspecified atom stereocenters. The molecule has 2 bridgehead atoms. The van der Waals surface area contributed by atoms with Gasteiger partial charge in [-0.15, -0.1) is 0 Å². The number of hydrogen-bond donors (Lipinski definition) is 0. The molecule has 3 aliphatic rings. The lowest BCUT2D eigenvalue weighted by Crippen LogP contribution is -2.28. The fourth-order valence-corrected chi connectivity index (χ4v) is 4.38. The second-order valence-corrected chi connectivity index (χ2v) is 7.09. The molecule has 1 saturated carbocycles. The van der Waals surface area contributed by atoms with Gasteiger partial charge in [0.25, 0.3) is 11.8 Å². The Bertz CT molecular complexity index is 836. The molecule has 7 nitrogen and oxygen atoms in total. The van der Waals surface area contributed by atoms with Crippen molar-refractivity contribution in [1.82, 2.24) is 5.01 Å². The van der Waals surface area contributed by atoms with Gasteiger partial charge in [-0.1, -0.05) is 24.8 Å². The van der Waals surface area contributed by atoms with E-state index in [-0.39, 0.29) is 35.5 Å². The van der Waals surface area contributed by atoms with E-state index in [0.29, 0.717) is 29.4 Å². The number of imide groups is 1. The molecule has 1 aromatic rings. The number of methoxy groups -OCH3 is 2. The Morgan fingerprint density at radius 3 is 2.18 bits per heavy atom. The number of hydrazone groups is 1. The smallest absolute Gasteiger partial charge is 0.254 e. The third-order valence-corrected chi connectivity index (χ3v) is 5.60. The van der Waals surface area contributed by atoms with Gasteiger partial charge in [-0.3, -0.25) is 9.59 Å². The molecular weight excluding hydrogens is 360 g/mol. The van der Waals surface area contributed by atoms with Gasteiger partial charge >= 0.3 is 0 Å². The zero-order chi connectivity index (χ0) is 19.8. The predicted octanol–water partition coefficient (Wildman–Crippen LogP) is 2.41. The van der Waals surface area contributed by atoms with Crippen molar-refractivity contribution in [3.05, 3.63) is 42.5 Å². The number of hydrogen-bond acceptors (Lipinski definition) is 6. The Morgan fingerprint density at radius 2 is 1.68 bits per heavy atom. The highest BCUT2D eigenvalue weighted by molar-refractivity contribution is 6.06. The maximum absolute atomic E-state index is 12.7. The van der Waals surface area contributed by atoms with E-state index in [1.54, 1.807) is 18.2 Å². The fourth-order valence-electron chi connectivity index (χ4n) is 4.38. The average Bonchev–Trinajstić information content (AvgIpc) is 3.39. The number of benzene rings is 1. The number of nitrogens with zero attached hydrogens (tertiary/aromatic N) is 2.